The van der Waals surface area contributed by atoms with E-state index in [0.717, 1.165) is 36.2 Å². The summed E-state index contributed by atoms with van der Waals surface area (Å²) in [5, 5.41) is 3.62. The lowest BCUT2D eigenvalue weighted by Gasteiger charge is -2.37. The number of carbonyl (C=O) groups is 2. The summed E-state index contributed by atoms with van der Waals surface area (Å²) in [5.41, 5.74) is 3.36. The molecule has 0 saturated carbocycles. The molecular formula is C30H34N4O3S. The Labute approximate surface area is 228 Å². The summed E-state index contributed by atoms with van der Waals surface area (Å²) in [5.74, 6) is 0.556. The van der Waals surface area contributed by atoms with Gasteiger partial charge in [-0.25, -0.2) is 9.97 Å². The van der Waals surface area contributed by atoms with Gasteiger partial charge in [-0.15, -0.1) is 0 Å². The Kier molecular flexibility index (Phi) is 9.54. The predicted molar refractivity (Wildman–Crippen MR) is 151 cm³/mol. The van der Waals surface area contributed by atoms with Gasteiger partial charge in [-0.1, -0.05) is 54.2 Å². The van der Waals surface area contributed by atoms with Crippen molar-refractivity contribution >= 4 is 29.3 Å². The number of anilines is 1. The SMILES string of the molecule is COc1ccc(NC(=O)C(C2CC=CCC2)N(Cc2ccccc2)C(=O)CSc2nc(C)cc(C)n2)cc1. The maximum absolute atomic E-state index is 13.9. The Hall–Kier alpha value is -3.65. The Morgan fingerprint density at radius 3 is 2.39 bits per heavy atom. The highest BCUT2D eigenvalue weighted by Crippen LogP contribution is 2.29. The average molecular weight is 531 g/mol. The van der Waals surface area contributed by atoms with Crippen LogP contribution in [-0.4, -0.2) is 45.6 Å². The molecule has 38 heavy (non-hydrogen) atoms. The first-order valence-electron chi connectivity index (χ1n) is 12.8. The summed E-state index contributed by atoms with van der Waals surface area (Å²) in [6, 6.07) is 18.3. The molecule has 0 saturated heterocycles. The first-order valence-corrected chi connectivity index (χ1v) is 13.8. The molecule has 0 fully saturated rings. The largest absolute Gasteiger partial charge is 0.497 e. The van der Waals surface area contributed by atoms with Gasteiger partial charge in [0.1, 0.15) is 11.8 Å². The highest BCUT2D eigenvalue weighted by atomic mass is 32.2. The standard InChI is InChI=1S/C30H34N4O3S/c1-21-18-22(2)32-30(31-21)38-20-27(35)34(19-23-10-6-4-7-11-23)28(24-12-8-5-9-13-24)29(36)33-25-14-16-26(37-3)17-15-25/h4-8,10-11,14-18,24,28H,9,12-13,19-20H2,1-3H3,(H,33,36). The van der Waals surface area contributed by atoms with Crippen molar-refractivity contribution in [1.29, 1.82) is 0 Å². The van der Waals surface area contributed by atoms with Crippen LogP contribution in [0.5, 0.6) is 5.75 Å². The van der Waals surface area contributed by atoms with Gasteiger partial charge in [-0.2, -0.15) is 0 Å². The summed E-state index contributed by atoms with van der Waals surface area (Å²) in [6.45, 7) is 4.17. The van der Waals surface area contributed by atoms with Gasteiger partial charge < -0.3 is 15.0 Å². The molecular weight excluding hydrogens is 496 g/mol. The monoisotopic (exact) mass is 530 g/mol. The average Bonchev–Trinajstić information content (AvgIpc) is 2.92. The van der Waals surface area contributed by atoms with Crippen molar-refractivity contribution in [3.05, 3.63) is 89.8 Å². The number of benzene rings is 2. The molecule has 0 aliphatic heterocycles. The zero-order valence-corrected chi connectivity index (χ0v) is 22.9. The first kappa shape index (κ1) is 27.4. The van der Waals surface area contributed by atoms with Crippen LogP contribution in [0.15, 0.2) is 78.0 Å². The molecule has 2 atom stereocenters. The zero-order chi connectivity index (χ0) is 26.9. The van der Waals surface area contributed by atoms with Crippen molar-refractivity contribution in [2.75, 3.05) is 18.2 Å². The lowest BCUT2D eigenvalue weighted by atomic mass is 9.86. The van der Waals surface area contributed by atoms with Crippen molar-refractivity contribution < 1.29 is 14.3 Å². The topological polar surface area (TPSA) is 84.4 Å². The first-order chi connectivity index (χ1) is 18.4. The normalized spacial score (nSPS) is 15.5. The molecule has 1 heterocycles. The summed E-state index contributed by atoms with van der Waals surface area (Å²) >= 11 is 1.31. The molecule has 1 aliphatic carbocycles. The van der Waals surface area contributed by atoms with Crippen LogP contribution < -0.4 is 10.1 Å². The molecule has 2 aromatic carbocycles. The minimum atomic E-state index is -0.629. The predicted octanol–water partition coefficient (Wildman–Crippen LogP) is 5.59. The van der Waals surface area contributed by atoms with E-state index in [2.05, 4.69) is 27.4 Å². The van der Waals surface area contributed by atoms with Gasteiger partial charge in [0.25, 0.3) is 0 Å². The molecule has 1 aliphatic rings. The van der Waals surface area contributed by atoms with Gasteiger partial charge in [-0.05, 0) is 74.9 Å². The summed E-state index contributed by atoms with van der Waals surface area (Å²) in [6.07, 6.45) is 6.72. The number of thioether (sulfide) groups is 1. The Morgan fingerprint density at radius 1 is 1.05 bits per heavy atom. The highest BCUT2D eigenvalue weighted by molar-refractivity contribution is 7.99. The number of hydrogen-bond donors (Lipinski definition) is 1. The molecule has 1 aromatic heterocycles. The lowest BCUT2D eigenvalue weighted by Crippen LogP contribution is -2.51. The second-order valence-corrected chi connectivity index (χ2v) is 10.4. The Bertz CT molecular complexity index is 1240. The molecule has 2 unspecified atom stereocenters. The number of aromatic nitrogens is 2. The van der Waals surface area contributed by atoms with Crippen molar-refractivity contribution in [1.82, 2.24) is 14.9 Å². The van der Waals surface area contributed by atoms with E-state index in [1.54, 1.807) is 24.1 Å². The van der Waals surface area contributed by atoms with Gasteiger partial charge in [0, 0.05) is 23.6 Å². The maximum Gasteiger partial charge on any atom is 0.247 e. The second-order valence-electron chi connectivity index (χ2n) is 9.44. The fourth-order valence-electron chi connectivity index (χ4n) is 4.69. The second kappa shape index (κ2) is 13.2. The van der Waals surface area contributed by atoms with Gasteiger partial charge in [0.05, 0.1) is 12.9 Å². The molecule has 1 N–H and O–H groups in total. The lowest BCUT2D eigenvalue weighted by molar-refractivity contribution is -0.139. The maximum atomic E-state index is 13.9. The molecule has 8 heteroatoms. The van der Waals surface area contributed by atoms with Crippen molar-refractivity contribution in [2.24, 2.45) is 5.92 Å². The van der Waals surface area contributed by atoms with Gasteiger partial charge in [0.2, 0.25) is 11.8 Å². The van der Waals surface area contributed by atoms with Crippen LogP contribution in [0, 0.1) is 19.8 Å². The van der Waals surface area contributed by atoms with Crippen LogP contribution in [0.3, 0.4) is 0 Å². The fraction of sp³-hybridized carbons (Fsp3) is 0.333. The van der Waals surface area contributed by atoms with Crippen molar-refractivity contribution in [3.63, 3.8) is 0 Å². The molecule has 7 nitrogen and oxygen atoms in total. The summed E-state index contributed by atoms with van der Waals surface area (Å²) in [7, 11) is 1.61. The number of methoxy groups -OCH3 is 1. The Morgan fingerprint density at radius 2 is 1.76 bits per heavy atom. The third-order valence-corrected chi connectivity index (χ3v) is 7.35. The van der Waals surface area contributed by atoms with E-state index in [1.165, 1.54) is 11.8 Å². The smallest absolute Gasteiger partial charge is 0.247 e. The number of rotatable bonds is 10. The van der Waals surface area contributed by atoms with E-state index in [9.17, 15) is 9.59 Å². The van der Waals surface area contributed by atoms with Crippen LogP contribution in [0.25, 0.3) is 0 Å². The molecule has 0 radical (unpaired) electrons. The van der Waals surface area contributed by atoms with E-state index in [-0.39, 0.29) is 23.5 Å². The van der Waals surface area contributed by atoms with E-state index in [1.807, 2.05) is 62.4 Å². The molecule has 3 aromatic rings. The van der Waals surface area contributed by atoms with Crippen LogP contribution >= 0.6 is 11.8 Å². The molecule has 4 rings (SSSR count). The zero-order valence-electron chi connectivity index (χ0n) is 22.1. The Balaban J connectivity index is 1.62. The van der Waals surface area contributed by atoms with E-state index in [4.69, 9.17) is 4.74 Å². The summed E-state index contributed by atoms with van der Waals surface area (Å²) in [4.78, 5) is 38.4. The minimum Gasteiger partial charge on any atom is -0.497 e. The van der Waals surface area contributed by atoms with Gasteiger partial charge in [0.15, 0.2) is 5.16 Å². The molecule has 0 bridgehead atoms. The minimum absolute atomic E-state index is 0.00775. The van der Waals surface area contributed by atoms with Crippen LogP contribution in [0.4, 0.5) is 5.69 Å². The third-order valence-electron chi connectivity index (χ3n) is 6.52. The quantitative estimate of drug-likeness (QED) is 0.209. The van der Waals surface area contributed by atoms with Crippen LogP contribution in [0.2, 0.25) is 0 Å². The number of nitrogens with one attached hydrogen (secondary N) is 1. The van der Waals surface area contributed by atoms with Gasteiger partial charge in [-0.3, -0.25) is 9.59 Å². The van der Waals surface area contributed by atoms with Gasteiger partial charge >= 0.3 is 0 Å². The number of aryl methyl sites for hydroxylation is 2. The molecule has 198 valence electrons. The molecule has 0 spiro atoms. The number of amides is 2. The summed E-state index contributed by atoms with van der Waals surface area (Å²) < 4.78 is 5.25. The van der Waals surface area contributed by atoms with Crippen molar-refractivity contribution in [2.45, 2.75) is 50.9 Å². The van der Waals surface area contributed by atoms with E-state index < -0.39 is 6.04 Å². The number of hydrogen-bond acceptors (Lipinski definition) is 6. The van der Waals surface area contributed by atoms with Crippen molar-refractivity contribution in [3.8, 4) is 5.75 Å². The van der Waals surface area contributed by atoms with Crippen LogP contribution in [0.1, 0.15) is 36.2 Å². The van der Waals surface area contributed by atoms with E-state index in [0.29, 0.717) is 23.1 Å². The number of ether oxygens (including phenoxy) is 1. The fourth-order valence-corrected chi connectivity index (χ4v) is 5.53. The number of nitrogens with zero attached hydrogens (tertiary/aromatic N) is 3. The molecule has 2 amide bonds. The number of carbonyl (C=O) groups excluding carboxylic acids is 2. The number of allylic oxidation sites excluding steroid dienone is 2. The highest BCUT2D eigenvalue weighted by Gasteiger charge is 2.36. The van der Waals surface area contributed by atoms with Crippen LogP contribution in [-0.2, 0) is 16.1 Å². The van der Waals surface area contributed by atoms with E-state index >= 15 is 0 Å². The third kappa shape index (κ3) is 7.44.